The first-order chi connectivity index (χ1) is 9.31. The molecule has 1 aromatic rings. The topological polar surface area (TPSA) is 46.3 Å². The number of hydrogen-bond acceptors (Lipinski definition) is 2. The summed E-state index contributed by atoms with van der Waals surface area (Å²) in [5, 5.41) is 0. The molecule has 3 rings (SSSR count). The lowest BCUT2D eigenvalue weighted by Gasteiger charge is -2.15. The quantitative estimate of drug-likeness (QED) is 0.823. The Balaban J connectivity index is 1.85. The molecule has 1 aromatic carbocycles. The highest BCUT2D eigenvalue weighted by atomic mass is 16.2. The number of anilines is 1. The van der Waals surface area contributed by atoms with E-state index in [9.17, 15) is 4.79 Å². The van der Waals surface area contributed by atoms with E-state index in [-0.39, 0.29) is 5.91 Å². The number of allylic oxidation sites excluding steroid dienone is 1. The molecular weight excluding hydrogens is 236 g/mol. The molecule has 0 aromatic heterocycles. The highest BCUT2D eigenvalue weighted by Gasteiger charge is 2.31. The molecule has 3 nitrogen and oxygen atoms in total. The summed E-state index contributed by atoms with van der Waals surface area (Å²) in [6, 6.07) is 8.01. The van der Waals surface area contributed by atoms with Crippen molar-refractivity contribution in [3.63, 3.8) is 0 Å². The van der Waals surface area contributed by atoms with Crippen LogP contribution in [-0.2, 0) is 4.79 Å². The van der Waals surface area contributed by atoms with Gasteiger partial charge in [0.15, 0.2) is 0 Å². The molecule has 3 heteroatoms. The third-order valence-corrected chi connectivity index (χ3v) is 3.93. The second-order valence-corrected chi connectivity index (χ2v) is 5.40. The van der Waals surface area contributed by atoms with Gasteiger partial charge in [-0.25, -0.2) is 0 Å². The number of rotatable bonds is 5. The average Bonchev–Trinajstić information content (AvgIpc) is 3.21. The van der Waals surface area contributed by atoms with Crippen LogP contribution in [0, 0.1) is 5.92 Å². The normalized spacial score (nSPS) is 20.2. The molecule has 1 aliphatic heterocycles. The lowest BCUT2D eigenvalue weighted by atomic mass is 10.0. The molecule has 1 amide bonds. The molecule has 1 heterocycles. The minimum atomic E-state index is 0.113. The van der Waals surface area contributed by atoms with E-state index in [1.165, 1.54) is 19.3 Å². The summed E-state index contributed by atoms with van der Waals surface area (Å²) < 4.78 is 0. The summed E-state index contributed by atoms with van der Waals surface area (Å²) in [6.45, 7) is 1.09. The second-order valence-electron chi connectivity index (χ2n) is 5.40. The number of nitrogens with zero attached hydrogens (tertiary/aromatic N) is 1. The van der Waals surface area contributed by atoms with E-state index < -0.39 is 0 Å². The first-order valence-corrected chi connectivity index (χ1v) is 7.12. The maximum Gasteiger partial charge on any atom is 0.258 e. The number of nitrogens with two attached hydrogens (primary N) is 1. The van der Waals surface area contributed by atoms with Gasteiger partial charge in [0.25, 0.3) is 5.91 Å². The van der Waals surface area contributed by atoms with E-state index in [4.69, 9.17) is 5.73 Å². The molecule has 0 saturated heterocycles. The molecule has 0 radical (unpaired) electrons. The standard InChI is InChI=1S/C16H20N2O/c17-10-11-18-15-7-2-1-5-13(15)14(16(18)19)6-3-4-12-8-9-12/h1-2,5-7,12H,3-4,8-11,17H2/b14-6+. The van der Waals surface area contributed by atoms with Crippen LogP contribution >= 0.6 is 0 Å². The molecule has 2 aliphatic rings. The van der Waals surface area contributed by atoms with E-state index in [1.54, 1.807) is 4.90 Å². The van der Waals surface area contributed by atoms with Crippen LogP contribution in [-0.4, -0.2) is 19.0 Å². The number of amides is 1. The molecule has 0 bridgehead atoms. The predicted molar refractivity (Wildman–Crippen MR) is 77.8 cm³/mol. The fourth-order valence-corrected chi connectivity index (χ4v) is 2.73. The van der Waals surface area contributed by atoms with Gasteiger partial charge < -0.3 is 10.6 Å². The summed E-state index contributed by atoms with van der Waals surface area (Å²) in [7, 11) is 0. The molecule has 1 saturated carbocycles. The Morgan fingerprint density at radius 1 is 1.32 bits per heavy atom. The third kappa shape index (κ3) is 2.43. The predicted octanol–water partition coefficient (Wildman–Crippen LogP) is 2.57. The average molecular weight is 256 g/mol. The van der Waals surface area contributed by atoms with Gasteiger partial charge in [0, 0.05) is 24.2 Å². The van der Waals surface area contributed by atoms with Crippen LogP contribution in [0.2, 0.25) is 0 Å². The van der Waals surface area contributed by atoms with Crippen molar-refractivity contribution in [3.05, 3.63) is 35.9 Å². The zero-order chi connectivity index (χ0) is 13.2. The van der Waals surface area contributed by atoms with Crippen LogP contribution in [0.5, 0.6) is 0 Å². The number of para-hydroxylation sites is 1. The Labute approximate surface area is 114 Å². The van der Waals surface area contributed by atoms with E-state index >= 15 is 0 Å². The maximum atomic E-state index is 12.4. The van der Waals surface area contributed by atoms with E-state index in [1.807, 2.05) is 24.3 Å². The van der Waals surface area contributed by atoms with Crippen molar-refractivity contribution in [1.29, 1.82) is 0 Å². The number of carbonyl (C=O) groups excluding carboxylic acids is 1. The molecule has 19 heavy (non-hydrogen) atoms. The molecule has 0 spiro atoms. The van der Waals surface area contributed by atoms with Gasteiger partial charge in [-0.3, -0.25) is 4.79 Å². The van der Waals surface area contributed by atoms with E-state index in [2.05, 4.69) is 6.08 Å². The molecule has 100 valence electrons. The highest BCUT2D eigenvalue weighted by molar-refractivity contribution is 6.32. The molecule has 1 aliphatic carbocycles. The molecular formula is C16H20N2O. The zero-order valence-corrected chi connectivity index (χ0v) is 11.1. The smallest absolute Gasteiger partial charge is 0.258 e. The van der Waals surface area contributed by atoms with Gasteiger partial charge in [0.05, 0.1) is 5.69 Å². The van der Waals surface area contributed by atoms with Crippen molar-refractivity contribution in [2.45, 2.75) is 25.7 Å². The summed E-state index contributed by atoms with van der Waals surface area (Å²) in [5.41, 5.74) is 8.55. The highest BCUT2D eigenvalue weighted by Crippen LogP contribution is 2.38. The lowest BCUT2D eigenvalue weighted by Crippen LogP contribution is -2.31. The van der Waals surface area contributed by atoms with Crippen LogP contribution in [0.15, 0.2) is 30.3 Å². The van der Waals surface area contributed by atoms with Gasteiger partial charge in [-0.1, -0.05) is 37.1 Å². The van der Waals surface area contributed by atoms with Crippen molar-refractivity contribution in [3.8, 4) is 0 Å². The Morgan fingerprint density at radius 2 is 2.11 bits per heavy atom. The summed E-state index contributed by atoms with van der Waals surface area (Å²) in [6.07, 6.45) is 7.09. The number of carbonyl (C=O) groups is 1. The fourth-order valence-electron chi connectivity index (χ4n) is 2.73. The minimum Gasteiger partial charge on any atom is -0.329 e. The van der Waals surface area contributed by atoms with Gasteiger partial charge in [-0.2, -0.15) is 0 Å². The largest absolute Gasteiger partial charge is 0.329 e. The van der Waals surface area contributed by atoms with E-state index in [0.717, 1.165) is 29.2 Å². The first kappa shape index (κ1) is 12.4. The van der Waals surface area contributed by atoms with Gasteiger partial charge in [-0.05, 0) is 24.8 Å². The van der Waals surface area contributed by atoms with Gasteiger partial charge in [0.2, 0.25) is 0 Å². The summed E-state index contributed by atoms with van der Waals surface area (Å²) in [4.78, 5) is 14.2. The minimum absolute atomic E-state index is 0.113. The summed E-state index contributed by atoms with van der Waals surface area (Å²) in [5.74, 6) is 1.02. The zero-order valence-electron chi connectivity index (χ0n) is 11.1. The maximum absolute atomic E-state index is 12.4. The number of fused-ring (bicyclic) bond motifs is 1. The van der Waals surface area contributed by atoms with Crippen LogP contribution in [0.1, 0.15) is 31.2 Å². The van der Waals surface area contributed by atoms with Crippen molar-refractivity contribution in [2.75, 3.05) is 18.0 Å². The van der Waals surface area contributed by atoms with Gasteiger partial charge in [0.1, 0.15) is 0 Å². The van der Waals surface area contributed by atoms with Crippen LogP contribution in [0.3, 0.4) is 0 Å². The van der Waals surface area contributed by atoms with Crippen LogP contribution in [0.4, 0.5) is 5.69 Å². The van der Waals surface area contributed by atoms with Crippen molar-refractivity contribution < 1.29 is 4.79 Å². The monoisotopic (exact) mass is 256 g/mol. The Bertz CT molecular complexity index is 517. The van der Waals surface area contributed by atoms with Gasteiger partial charge >= 0.3 is 0 Å². The third-order valence-electron chi connectivity index (χ3n) is 3.93. The van der Waals surface area contributed by atoms with Crippen LogP contribution < -0.4 is 10.6 Å². The molecule has 1 fully saturated rings. The second kappa shape index (κ2) is 5.17. The Kier molecular flexibility index (Phi) is 3.38. The molecule has 0 atom stereocenters. The van der Waals surface area contributed by atoms with Crippen molar-refractivity contribution in [2.24, 2.45) is 11.7 Å². The Hall–Kier alpha value is -1.61. The lowest BCUT2D eigenvalue weighted by molar-refractivity contribution is -0.113. The first-order valence-electron chi connectivity index (χ1n) is 7.12. The fraction of sp³-hybridized carbons (Fsp3) is 0.438. The van der Waals surface area contributed by atoms with Gasteiger partial charge in [-0.15, -0.1) is 0 Å². The molecule has 0 unspecified atom stereocenters. The van der Waals surface area contributed by atoms with Crippen molar-refractivity contribution >= 4 is 17.2 Å². The van der Waals surface area contributed by atoms with E-state index in [0.29, 0.717) is 13.1 Å². The summed E-state index contributed by atoms with van der Waals surface area (Å²) >= 11 is 0. The van der Waals surface area contributed by atoms with Crippen molar-refractivity contribution in [1.82, 2.24) is 0 Å². The Morgan fingerprint density at radius 3 is 2.84 bits per heavy atom. The SMILES string of the molecule is NCCN1C(=O)/C(=C/CCC2CC2)c2ccccc21. The van der Waals surface area contributed by atoms with Crippen LogP contribution in [0.25, 0.3) is 5.57 Å². The molecule has 2 N–H and O–H groups in total. The number of benzene rings is 1. The number of hydrogen-bond donors (Lipinski definition) is 1.